The first-order chi connectivity index (χ1) is 14.5. The number of thiophene rings is 1. The normalized spacial score (nSPS) is 14.2. The van der Waals surface area contributed by atoms with Gasteiger partial charge in [0.15, 0.2) is 0 Å². The van der Waals surface area contributed by atoms with Crippen molar-refractivity contribution in [3.8, 4) is 16.9 Å². The van der Waals surface area contributed by atoms with Crippen LogP contribution in [0.2, 0.25) is 0 Å². The van der Waals surface area contributed by atoms with Gasteiger partial charge in [0, 0.05) is 16.0 Å². The zero-order valence-corrected chi connectivity index (χ0v) is 18.8. The maximum absolute atomic E-state index is 6.02. The second-order valence-corrected chi connectivity index (χ2v) is 9.26. The van der Waals surface area contributed by atoms with Gasteiger partial charge < -0.3 is 9.57 Å². The molecule has 1 heterocycles. The van der Waals surface area contributed by atoms with Crippen LogP contribution in [0, 0.1) is 0 Å². The first kappa shape index (κ1) is 20.4. The standard InChI is InChI=1S/C26H27NO2S/c1-5-24-18(14-16-30-24)9-8-15-28-19-12-13-21-20-10-6-7-11-22(20)25(23(21)17-19)27-29-26(2,3)4/h6-14,16-17H,5,15H2,1-4H3/b9-8+,27-25-. The van der Waals surface area contributed by atoms with Gasteiger partial charge in [-0.25, -0.2) is 0 Å². The molecule has 4 heteroatoms. The van der Waals surface area contributed by atoms with E-state index in [4.69, 9.17) is 9.57 Å². The third-order valence-electron chi connectivity index (χ3n) is 4.87. The number of rotatable bonds is 6. The van der Waals surface area contributed by atoms with Gasteiger partial charge in [-0.3, -0.25) is 0 Å². The summed E-state index contributed by atoms with van der Waals surface area (Å²) in [6, 6.07) is 16.7. The zero-order chi connectivity index (χ0) is 21.1. The molecule has 0 radical (unpaired) electrons. The van der Waals surface area contributed by atoms with Gasteiger partial charge in [-0.2, -0.15) is 0 Å². The predicted molar refractivity (Wildman–Crippen MR) is 127 cm³/mol. The van der Waals surface area contributed by atoms with Crippen LogP contribution in [0.4, 0.5) is 0 Å². The van der Waals surface area contributed by atoms with Crippen LogP contribution in [0.5, 0.6) is 5.75 Å². The van der Waals surface area contributed by atoms with Crippen molar-refractivity contribution in [3.05, 3.63) is 81.6 Å². The molecule has 2 aromatic carbocycles. The van der Waals surface area contributed by atoms with Gasteiger partial charge >= 0.3 is 0 Å². The molecule has 154 valence electrons. The minimum Gasteiger partial charge on any atom is -0.490 e. The summed E-state index contributed by atoms with van der Waals surface area (Å²) in [7, 11) is 0. The Hall–Kier alpha value is -2.85. The quantitative estimate of drug-likeness (QED) is 0.318. The Balaban J connectivity index is 1.55. The summed E-state index contributed by atoms with van der Waals surface area (Å²) in [5, 5.41) is 6.65. The third kappa shape index (κ3) is 4.34. The topological polar surface area (TPSA) is 30.8 Å². The summed E-state index contributed by atoms with van der Waals surface area (Å²) in [6.07, 6.45) is 5.27. The monoisotopic (exact) mass is 417 g/mol. The van der Waals surface area contributed by atoms with Crippen molar-refractivity contribution in [1.82, 2.24) is 0 Å². The molecule has 3 nitrogen and oxygen atoms in total. The van der Waals surface area contributed by atoms with Crippen molar-refractivity contribution in [2.24, 2.45) is 5.16 Å². The Labute approximate surface area is 182 Å². The predicted octanol–water partition coefficient (Wildman–Crippen LogP) is 6.95. The Morgan fingerprint density at radius 1 is 0.967 bits per heavy atom. The average Bonchev–Trinajstić information content (AvgIpc) is 3.31. The number of hydrogen-bond acceptors (Lipinski definition) is 4. The summed E-state index contributed by atoms with van der Waals surface area (Å²) in [5.74, 6) is 0.829. The van der Waals surface area contributed by atoms with E-state index >= 15 is 0 Å². The van der Waals surface area contributed by atoms with Crippen LogP contribution in [0.15, 0.2) is 65.1 Å². The van der Waals surface area contributed by atoms with E-state index in [0.717, 1.165) is 34.6 Å². The summed E-state index contributed by atoms with van der Waals surface area (Å²) in [4.78, 5) is 7.17. The molecule has 1 aliphatic rings. The smallest absolute Gasteiger partial charge is 0.129 e. The SMILES string of the molecule is CCc1sccc1/C=C/COc1ccc2c(c1)/C(=N\OC(C)(C)C)c1ccccc1-2. The summed E-state index contributed by atoms with van der Waals surface area (Å²) in [6.45, 7) is 8.72. The molecule has 30 heavy (non-hydrogen) atoms. The van der Waals surface area contributed by atoms with Gasteiger partial charge in [-0.15, -0.1) is 11.3 Å². The molecular weight excluding hydrogens is 390 g/mol. The summed E-state index contributed by atoms with van der Waals surface area (Å²) >= 11 is 1.80. The largest absolute Gasteiger partial charge is 0.490 e. The van der Waals surface area contributed by atoms with E-state index in [0.29, 0.717) is 6.61 Å². The van der Waals surface area contributed by atoms with Crippen LogP contribution in [0.1, 0.15) is 49.3 Å². The molecule has 0 unspecified atom stereocenters. The van der Waals surface area contributed by atoms with E-state index in [1.807, 2.05) is 32.9 Å². The molecule has 1 aromatic heterocycles. The number of nitrogens with zero attached hydrogens (tertiary/aromatic N) is 1. The highest BCUT2D eigenvalue weighted by molar-refractivity contribution is 7.10. The van der Waals surface area contributed by atoms with Crippen LogP contribution in [0.25, 0.3) is 17.2 Å². The van der Waals surface area contributed by atoms with Crippen molar-refractivity contribution in [2.45, 2.75) is 39.7 Å². The fourth-order valence-corrected chi connectivity index (χ4v) is 4.32. The molecule has 0 aliphatic heterocycles. The highest BCUT2D eigenvalue weighted by atomic mass is 32.1. The number of ether oxygens (including phenoxy) is 1. The van der Waals surface area contributed by atoms with Crippen molar-refractivity contribution < 1.29 is 9.57 Å². The highest BCUT2D eigenvalue weighted by Crippen LogP contribution is 2.39. The summed E-state index contributed by atoms with van der Waals surface area (Å²) in [5.41, 5.74) is 6.29. The fourth-order valence-electron chi connectivity index (χ4n) is 3.50. The number of fused-ring (bicyclic) bond motifs is 3. The van der Waals surface area contributed by atoms with E-state index in [1.165, 1.54) is 16.0 Å². The van der Waals surface area contributed by atoms with Crippen molar-refractivity contribution in [2.75, 3.05) is 6.61 Å². The molecule has 0 N–H and O–H groups in total. The lowest BCUT2D eigenvalue weighted by Crippen LogP contribution is -2.17. The maximum Gasteiger partial charge on any atom is 0.129 e. The Bertz CT molecular complexity index is 1100. The molecule has 0 bridgehead atoms. The molecule has 0 spiro atoms. The van der Waals surface area contributed by atoms with Crippen molar-refractivity contribution in [1.29, 1.82) is 0 Å². The average molecular weight is 418 g/mol. The Kier molecular flexibility index (Phi) is 5.78. The second-order valence-electron chi connectivity index (χ2n) is 8.26. The van der Waals surface area contributed by atoms with Gasteiger partial charge in [0.25, 0.3) is 0 Å². The number of aryl methyl sites for hydroxylation is 1. The lowest BCUT2D eigenvalue weighted by Gasteiger charge is -2.16. The van der Waals surface area contributed by atoms with E-state index in [1.54, 1.807) is 11.3 Å². The molecule has 0 saturated carbocycles. The number of oxime groups is 1. The molecule has 3 aromatic rings. The second kappa shape index (κ2) is 8.49. The Morgan fingerprint density at radius 3 is 2.50 bits per heavy atom. The number of benzene rings is 2. The van der Waals surface area contributed by atoms with Crippen molar-refractivity contribution in [3.63, 3.8) is 0 Å². The molecule has 4 rings (SSSR count). The molecular formula is C26H27NO2S. The van der Waals surface area contributed by atoms with E-state index in [9.17, 15) is 0 Å². The molecule has 1 aliphatic carbocycles. The number of hydrogen-bond donors (Lipinski definition) is 0. The van der Waals surface area contributed by atoms with Gasteiger partial charge in [-0.1, -0.05) is 42.4 Å². The van der Waals surface area contributed by atoms with Crippen LogP contribution >= 0.6 is 11.3 Å². The van der Waals surface area contributed by atoms with Crippen LogP contribution in [-0.4, -0.2) is 17.9 Å². The fraction of sp³-hybridized carbons (Fsp3) is 0.269. The molecule has 0 saturated heterocycles. The van der Waals surface area contributed by atoms with Crippen molar-refractivity contribution >= 4 is 23.1 Å². The minimum atomic E-state index is -0.345. The highest BCUT2D eigenvalue weighted by Gasteiger charge is 2.26. The van der Waals surface area contributed by atoms with Crippen LogP contribution < -0.4 is 4.74 Å². The van der Waals surface area contributed by atoms with E-state index < -0.39 is 0 Å². The lowest BCUT2D eigenvalue weighted by atomic mass is 10.1. The maximum atomic E-state index is 6.02. The zero-order valence-electron chi connectivity index (χ0n) is 17.9. The van der Waals surface area contributed by atoms with E-state index in [2.05, 4.69) is 66.0 Å². The lowest BCUT2D eigenvalue weighted by molar-refractivity contribution is 0.00121. The van der Waals surface area contributed by atoms with E-state index in [-0.39, 0.29) is 5.60 Å². The van der Waals surface area contributed by atoms with Crippen LogP contribution in [-0.2, 0) is 11.3 Å². The molecule has 0 fully saturated rings. The Morgan fingerprint density at radius 2 is 1.73 bits per heavy atom. The summed E-state index contributed by atoms with van der Waals surface area (Å²) < 4.78 is 6.02. The molecule has 0 atom stereocenters. The van der Waals surface area contributed by atoms with Gasteiger partial charge in [0.1, 0.15) is 23.7 Å². The van der Waals surface area contributed by atoms with Gasteiger partial charge in [0.05, 0.1) is 0 Å². The third-order valence-corrected chi connectivity index (χ3v) is 5.95. The van der Waals surface area contributed by atoms with Crippen LogP contribution in [0.3, 0.4) is 0 Å². The first-order valence-electron chi connectivity index (χ1n) is 10.3. The van der Waals surface area contributed by atoms with Gasteiger partial charge in [-0.05, 0) is 79.6 Å². The first-order valence-corrected chi connectivity index (χ1v) is 11.2. The minimum absolute atomic E-state index is 0.345. The molecule has 0 amide bonds. The van der Waals surface area contributed by atoms with Gasteiger partial charge in [0.2, 0.25) is 0 Å².